The van der Waals surface area contributed by atoms with Crippen molar-refractivity contribution in [3.05, 3.63) is 35.5 Å². The van der Waals surface area contributed by atoms with Crippen LogP contribution in [0.2, 0.25) is 0 Å². The van der Waals surface area contributed by atoms with Crippen molar-refractivity contribution in [1.29, 1.82) is 5.26 Å². The van der Waals surface area contributed by atoms with Gasteiger partial charge >= 0.3 is 6.18 Å². The van der Waals surface area contributed by atoms with E-state index in [4.69, 9.17) is 5.26 Å². The van der Waals surface area contributed by atoms with E-state index < -0.39 is 11.7 Å². The fourth-order valence-corrected chi connectivity index (χ4v) is 2.45. The van der Waals surface area contributed by atoms with Gasteiger partial charge in [0.05, 0.1) is 11.1 Å². The van der Waals surface area contributed by atoms with Gasteiger partial charge in [-0.2, -0.15) is 18.4 Å². The molecule has 1 heterocycles. The topological polar surface area (TPSA) is 36.7 Å². The highest BCUT2D eigenvalue weighted by atomic mass is 32.2. The van der Waals surface area contributed by atoms with Gasteiger partial charge in [0, 0.05) is 17.4 Å². The largest absolute Gasteiger partial charge is 0.417 e. The van der Waals surface area contributed by atoms with Crippen molar-refractivity contribution in [2.75, 3.05) is 5.75 Å². The van der Waals surface area contributed by atoms with Gasteiger partial charge in [-0.05, 0) is 18.9 Å². The molecule has 2 rings (SSSR count). The maximum atomic E-state index is 13.0. The maximum absolute atomic E-state index is 13.0. The summed E-state index contributed by atoms with van der Waals surface area (Å²) in [5, 5.41) is 9.13. The Balaban J connectivity index is 2.53. The van der Waals surface area contributed by atoms with Crippen LogP contribution in [0.15, 0.2) is 23.7 Å². The quantitative estimate of drug-likeness (QED) is 0.616. The van der Waals surface area contributed by atoms with Gasteiger partial charge in [-0.1, -0.05) is 6.08 Å². The second kappa shape index (κ2) is 5.25. The van der Waals surface area contributed by atoms with E-state index in [-0.39, 0.29) is 16.5 Å². The molecule has 100 valence electrons. The number of halogens is 3. The van der Waals surface area contributed by atoms with E-state index in [1.165, 1.54) is 0 Å². The van der Waals surface area contributed by atoms with Gasteiger partial charge in [0.25, 0.3) is 0 Å². The van der Waals surface area contributed by atoms with Gasteiger partial charge in [0.1, 0.15) is 11.1 Å². The minimum atomic E-state index is -4.53. The Hall–Kier alpha value is -1.48. The highest BCUT2D eigenvalue weighted by Gasteiger charge is 2.37. The fourth-order valence-electron chi connectivity index (χ4n) is 1.70. The number of nitrogens with zero attached hydrogens (tertiary/aromatic N) is 2. The summed E-state index contributed by atoms with van der Waals surface area (Å²) in [5.74, 6) is 0.532. The first-order chi connectivity index (χ1) is 8.97. The Bertz CT molecular complexity index is 542. The SMILES string of the molecule is C=CCSc1nc(C2CC2)cc(C(F)(F)F)c1C#N. The normalized spacial score (nSPS) is 15.1. The van der Waals surface area contributed by atoms with Crippen molar-refractivity contribution in [2.45, 2.75) is 30.0 Å². The molecule has 0 bridgehead atoms. The molecule has 1 aromatic heterocycles. The Morgan fingerprint density at radius 2 is 2.21 bits per heavy atom. The van der Waals surface area contributed by atoms with Crippen molar-refractivity contribution in [2.24, 2.45) is 0 Å². The number of thioether (sulfide) groups is 1. The van der Waals surface area contributed by atoms with Crippen molar-refractivity contribution >= 4 is 11.8 Å². The minimum Gasteiger partial charge on any atom is -0.245 e. The maximum Gasteiger partial charge on any atom is 0.417 e. The molecule has 0 saturated heterocycles. The summed E-state index contributed by atoms with van der Waals surface area (Å²) in [5.41, 5.74) is -0.819. The number of nitriles is 1. The summed E-state index contributed by atoms with van der Waals surface area (Å²) in [6, 6.07) is 2.65. The molecule has 0 radical (unpaired) electrons. The van der Waals surface area contributed by atoms with Gasteiger partial charge < -0.3 is 0 Å². The summed E-state index contributed by atoms with van der Waals surface area (Å²) in [6.07, 6.45) is -1.23. The van der Waals surface area contributed by atoms with Gasteiger partial charge in [0.2, 0.25) is 0 Å². The van der Waals surface area contributed by atoms with Crippen LogP contribution in [0.5, 0.6) is 0 Å². The average molecular weight is 284 g/mol. The molecule has 6 heteroatoms. The van der Waals surface area contributed by atoms with Crippen LogP contribution in [0.3, 0.4) is 0 Å². The lowest BCUT2D eigenvalue weighted by Gasteiger charge is -2.13. The third-order valence-electron chi connectivity index (χ3n) is 2.76. The molecule has 19 heavy (non-hydrogen) atoms. The van der Waals surface area contributed by atoms with Crippen molar-refractivity contribution < 1.29 is 13.2 Å². The predicted octanol–water partition coefficient (Wildman–Crippen LogP) is 4.13. The van der Waals surface area contributed by atoms with Gasteiger partial charge in [-0.25, -0.2) is 4.98 Å². The number of rotatable bonds is 4. The summed E-state index contributed by atoms with van der Waals surface area (Å²) < 4.78 is 39.0. The Kier molecular flexibility index (Phi) is 3.85. The molecule has 2 nitrogen and oxygen atoms in total. The molecule has 1 fully saturated rings. The van der Waals surface area contributed by atoms with Crippen molar-refractivity contribution in [3.63, 3.8) is 0 Å². The van der Waals surface area contributed by atoms with Crippen LogP contribution < -0.4 is 0 Å². The first kappa shape index (κ1) is 13.9. The molecule has 1 saturated carbocycles. The van der Waals surface area contributed by atoms with Crippen molar-refractivity contribution in [3.8, 4) is 6.07 Å². The molecule has 0 aromatic carbocycles. The lowest BCUT2D eigenvalue weighted by Crippen LogP contribution is -2.11. The minimum absolute atomic E-state index is 0.108. The number of hydrogen-bond donors (Lipinski definition) is 0. The smallest absolute Gasteiger partial charge is 0.245 e. The Morgan fingerprint density at radius 1 is 1.53 bits per heavy atom. The summed E-state index contributed by atoms with van der Waals surface area (Å²) in [7, 11) is 0. The number of hydrogen-bond acceptors (Lipinski definition) is 3. The standard InChI is InChI=1S/C13H11F3N2S/c1-2-5-19-12-9(7-17)10(13(14,15)16)6-11(18-12)8-3-4-8/h2,6,8H,1,3-5H2. The van der Waals surface area contributed by atoms with Crippen LogP contribution in [-0.2, 0) is 6.18 Å². The fraction of sp³-hybridized carbons (Fsp3) is 0.385. The molecule has 0 aliphatic heterocycles. The lowest BCUT2D eigenvalue weighted by atomic mass is 10.1. The number of pyridine rings is 1. The molecular formula is C13H11F3N2S. The molecule has 0 spiro atoms. The summed E-state index contributed by atoms with van der Waals surface area (Å²) >= 11 is 1.11. The first-order valence-electron chi connectivity index (χ1n) is 5.73. The molecule has 1 aliphatic carbocycles. The zero-order chi connectivity index (χ0) is 14.0. The molecule has 0 N–H and O–H groups in total. The second-order valence-electron chi connectivity index (χ2n) is 4.26. The third-order valence-corrected chi connectivity index (χ3v) is 3.73. The molecule has 0 atom stereocenters. The van der Waals surface area contributed by atoms with Gasteiger partial charge in [0.15, 0.2) is 0 Å². The second-order valence-corrected chi connectivity index (χ2v) is 5.27. The highest BCUT2D eigenvalue weighted by molar-refractivity contribution is 7.99. The molecular weight excluding hydrogens is 273 g/mol. The summed E-state index contributed by atoms with van der Waals surface area (Å²) in [4.78, 5) is 4.21. The Morgan fingerprint density at radius 3 is 2.68 bits per heavy atom. The molecule has 1 aromatic rings. The predicted molar refractivity (Wildman–Crippen MR) is 66.9 cm³/mol. The number of aromatic nitrogens is 1. The lowest BCUT2D eigenvalue weighted by molar-refractivity contribution is -0.138. The van der Waals surface area contributed by atoms with E-state index in [1.807, 2.05) is 0 Å². The van der Waals surface area contributed by atoms with Crippen LogP contribution in [-0.4, -0.2) is 10.7 Å². The average Bonchev–Trinajstić information content (AvgIpc) is 3.18. The van der Waals surface area contributed by atoms with Gasteiger partial charge in [-0.15, -0.1) is 18.3 Å². The van der Waals surface area contributed by atoms with E-state index in [2.05, 4.69) is 11.6 Å². The van der Waals surface area contributed by atoms with Crippen LogP contribution >= 0.6 is 11.8 Å². The van der Waals surface area contributed by atoms with E-state index in [1.54, 1.807) is 12.1 Å². The highest BCUT2D eigenvalue weighted by Crippen LogP contribution is 2.43. The van der Waals surface area contributed by atoms with Crippen LogP contribution in [0.4, 0.5) is 13.2 Å². The third kappa shape index (κ3) is 3.10. The zero-order valence-electron chi connectivity index (χ0n) is 10.00. The van der Waals surface area contributed by atoms with E-state index >= 15 is 0 Å². The zero-order valence-corrected chi connectivity index (χ0v) is 10.8. The summed E-state index contributed by atoms with van der Waals surface area (Å²) in [6.45, 7) is 3.52. The first-order valence-corrected chi connectivity index (χ1v) is 6.72. The molecule has 0 amide bonds. The Labute approximate surface area is 113 Å². The van der Waals surface area contributed by atoms with Crippen LogP contribution in [0.25, 0.3) is 0 Å². The molecule has 0 unspecified atom stereocenters. The van der Waals surface area contributed by atoms with E-state index in [9.17, 15) is 13.2 Å². The van der Waals surface area contributed by atoms with E-state index in [0.717, 1.165) is 30.7 Å². The van der Waals surface area contributed by atoms with Gasteiger partial charge in [-0.3, -0.25) is 0 Å². The number of alkyl halides is 3. The van der Waals surface area contributed by atoms with Crippen molar-refractivity contribution in [1.82, 2.24) is 4.98 Å². The molecule has 1 aliphatic rings. The van der Waals surface area contributed by atoms with E-state index in [0.29, 0.717) is 11.4 Å². The monoisotopic (exact) mass is 284 g/mol. The van der Waals surface area contributed by atoms with Crippen LogP contribution in [0.1, 0.15) is 35.6 Å². The van der Waals surface area contributed by atoms with Crippen LogP contribution in [0, 0.1) is 11.3 Å².